The molecule has 86 valence electrons. The topological polar surface area (TPSA) is 39.3 Å². The maximum absolute atomic E-state index is 10.3. The molecule has 2 rings (SSSR count). The quantitative estimate of drug-likeness (QED) is 0.828. The molecular weight excluding hydrogens is 200 g/mol. The number of para-hydroxylation sites is 1. The predicted molar refractivity (Wildman–Crippen MR) is 66.4 cm³/mol. The Bertz CT molecular complexity index is 475. The number of aliphatic hydroxyl groups excluding tert-OH is 1. The van der Waals surface area contributed by atoms with Crippen LogP contribution >= 0.6 is 0 Å². The molecule has 2 N–H and O–H groups in total. The van der Waals surface area contributed by atoms with Crippen molar-refractivity contribution in [3.63, 3.8) is 0 Å². The fourth-order valence-corrected chi connectivity index (χ4v) is 1.88. The van der Waals surface area contributed by atoms with Gasteiger partial charge in [0.1, 0.15) is 0 Å². The second-order valence-electron chi connectivity index (χ2n) is 4.44. The summed E-state index contributed by atoms with van der Waals surface area (Å²) in [7, 11) is 3.95. The zero-order valence-electron chi connectivity index (χ0n) is 9.94. The van der Waals surface area contributed by atoms with Crippen LogP contribution in [0, 0.1) is 0 Å². The van der Waals surface area contributed by atoms with Gasteiger partial charge in [0.15, 0.2) is 0 Å². The van der Waals surface area contributed by atoms with Crippen molar-refractivity contribution >= 4 is 10.9 Å². The standard InChI is InChI=1S/C13H18N2O/c1-9(15(2)3)13(16)11-8-14-12-7-5-4-6-10(11)12/h4-9,13-14,16H,1-3H3/t9-,13-/m1/s1. The maximum Gasteiger partial charge on any atom is 0.0962 e. The van der Waals surface area contributed by atoms with Gasteiger partial charge in [-0.1, -0.05) is 18.2 Å². The van der Waals surface area contributed by atoms with Crippen LogP contribution in [0.25, 0.3) is 10.9 Å². The molecule has 0 bridgehead atoms. The summed E-state index contributed by atoms with van der Waals surface area (Å²) < 4.78 is 0. The molecule has 2 aromatic rings. The van der Waals surface area contributed by atoms with E-state index in [1.807, 2.05) is 56.4 Å². The summed E-state index contributed by atoms with van der Waals surface area (Å²) in [5.41, 5.74) is 2.04. The third kappa shape index (κ3) is 1.84. The smallest absolute Gasteiger partial charge is 0.0962 e. The Morgan fingerprint density at radius 2 is 1.94 bits per heavy atom. The van der Waals surface area contributed by atoms with Gasteiger partial charge in [0.25, 0.3) is 0 Å². The summed E-state index contributed by atoms with van der Waals surface area (Å²) in [5, 5.41) is 11.4. The van der Waals surface area contributed by atoms with Crippen LogP contribution in [0.3, 0.4) is 0 Å². The third-order valence-corrected chi connectivity index (χ3v) is 3.21. The van der Waals surface area contributed by atoms with Gasteiger partial charge in [-0.25, -0.2) is 0 Å². The lowest BCUT2D eigenvalue weighted by Crippen LogP contribution is -2.30. The molecule has 0 aliphatic carbocycles. The van der Waals surface area contributed by atoms with Gasteiger partial charge in [0.2, 0.25) is 0 Å². The zero-order valence-corrected chi connectivity index (χ0v) is 9.94. The van der Waals surface area contributed by atoms with E-state index in [0.717, 1.165) is 16.5 Å². The number of hydrogen-bond donors (Lipinski definition) is 2. The lowest BCUT2D eigenvalue weighted by atomic mass is 10.0. The number of H-pyrrole nitrogens is 1. The third-order valence-electron chi connectivity index (χ3n) is 3.21. The number of likely N-dealkylation sites (N-methyl/N-ethyl adjacent to an activating group) is 1. The minimum absolute atomic E-state index is 0.0965. The second-order valence-corrected chi connectivity index (χ2v) is 4.44. The van der Waals surface area contributed by atoms with E-state index in [2.05, 4.69) is 4.98 Å². The van der Waals surface area contributed by atoms with Crippen molar-refractivity contribution in [1.82, 2.24) is 9.88 Å². The highest BCUT2D eigenvalue weighted by Crippen LogP contribution is 2.27. The van der Waals surface area contributed by atoms with Crippen molar-refractivity contribution in [1.29, 1.82) is 0 Å². The molecule has 0 aliphatic heterocycles. The Morgan fingerprint density at radius 3 is 2.62 bits per heavy atom. The van der Waals surface area contributed by atoms with Crippen LogP contribution in [-0.4, -0.2) is 35.1 Å². The molecule has 0 radical (unpaired) electrons. The number of nitrogens with one attached hydrogen (secondary N) is 1. The Morgan fingerprint density at radius 1 is 1.25 bits per heavy atom. The van der Waals surface area contributed by atoms with Gasteiger partial charge in [-0.05, 0) is 27.1 Å². The number of fused-ring (bicyclic) bond motifs is 1. The summed E-state index contributed by atoms with van der Waals surface area (Å²) in [5.74, 6) is 0. The normalized spacial score (nSPS) is 15.6. The first-order valence-corrected chi connectivity index (χ1v) is 5.51. The Hall–Kier alpha value is -1.32. The highest BCUT2D eigenvalue weighted by molar-refractivity contribution is 5.83. The lowest BCUT2D eigenvalue weighted by Gasteiger charge is -2.25. The van der Waals surface area contributed by atoms with Crippen LogP contribution in [0.4, 0.5) is 0 Å². The van der Waals surface area contributed by atoms with Crippen LogP contribution < -0.4 is 0 Å². The van der Waals surface area contributed by atoms with Crippen LogP contribution in [0.1, 0.15) is 18.6 Å². The molecule has 0 saturated heterocycles. The average molecular weight is 218 g/mol. The number of hydrogen-bond acceptors (Lipinski definition) is 2. The van der Waals surface area contributed by atoms with Gasteiger partial charge in [-0.3, -0.25) is 0 Å². The van der Waals surface area contributed by atoms with Gasteiger partial charge < -0.3 is 15.0 Å². The van der Waals surface area contributed by atoms with Crippen LogP contribution in [0.2, 0.25) is 0 Å². The van der Waals surface area contributed by atoms with E-state index < -0.39 is 6.10 Å². The zero-order chi connectivity index (χ0) is 11.7. The number of aromatic amines is 1. The highest BCUT2D eigenvalue weighted by atomic mass is 16.3. The van der Waals surface area contributed by atoms with Gasteiger partial charge in [-0.15, -0.1) is 0 Å². The molecule has 2 atom stereocenters. The van der Waals surface area contributed by atoms with Gasteiger partial charge >= 0.3 is 0 Å². The molecule has 1 aromatic heterocycles. The fraction of sp³-hybridized carbons (Fsp3) is 0.385. The predicted octanol–water partition coefficient (Wildman–Crippen LogP) is 2.15. The molecule has 0 saturated carbocycles. The number of rotatable bonds is 3. The molecule has 0 aliphatic rings. The molecular formula is C13H18N2O. The number of aromatic nitrogens is 1. The first-order chi connectivity index (χ1) is 7.61. The summed E-state index contributed by atoms with van der Waals surface area (Å²) in [6.45, 7) is 2.02. The van der Waals surface area contributed by atoms with Crippen LogP contribution in [0.15, 0.2) is 30.5 Å². The molecule has 16 heavy (non-hydrogen) atoms. The number of nitrogens with zero attached hydrogens (tertiary/aromatic N) is 1. The van der Waals surface area contributed by atoms with Gasteiger partial charge in [0.05, 0.1) is 6.10 Å². The van der Waals surface area contributed by atoms with E-state index in [4.69, 9.17) is 0 Å². The van der Waals surface area contributed by atoms with Crippen molar-refractivity contribution < 1.29 is 5.11 Å². The van der Waals surface area contributed by atoms with Gasteiger partial charge in [-0.2, -0.15) is 0 Å². The van der Waals surface area contributed by atoms with Gasteiger partial charge in [0, 0.05) is 28.7 Å². The van der Waals surface area contributed by atoms with Crippen molar-refractivity contribution in [2.45, 2.75) is 19.1 Å². The largest absolute Gasteiger partial charge is 0.387 e. The minimum atomic E-state index is -0.467. The minimum Gasteiger partial charge on any atom is -0.387 e. The molecule has 1 heterocycles. The molecule has 0 spiro atoms. The van der Waals surface area contributed by atoms with Crippen molar-refractivity contribution in [3.8, 4) is 0 Å². The summed E-state index contributed by atoms with van der Waals surface area (Å²) in [4.78, 5) is 5.20. The van der Waals surface area contributed by atoms with Crippen LogP contribution in [-0.2, 0) is 0 Å². The molecule has 0 fully saturated rings. The van der Waals surface area contributed by atoms with E-state index in [1.165, 1.54) is 0 Å². The molecule has 3 nitrogen and oxygen atoms in total. The van der Waals surface area contributed by atoms with E-state index in [1.54, 1.807) is 0 Å². The molecule has 0 amide bonds. The SMILES string of the molecule is C[C@H]([C@@H](O)c1c[nH]c2ccccc12)N(C)C. The van der Waals surface area contributed by atoms with E-state index in [-0.39, 0.29) is 6.04 Å². The number of aliphatic hydroxyl groups is 1. The Kier molecular flexibility index (Phi) is 2.99. The summed E-state index contributed by atoms with van der Waals surface area (Å²) in [6.07, 6.45) is 1.43. The van der Waals surface area contributed by atoms with Crippen molar-refractivity contribution in [3.05, 3.63) is 36.0 Å². The molecule has 1 aromatic carbocycles. The number of benzene rings is 1. The average Bonchev–Trinajstić information content (AvgIpc) is 2.70. The van der Waals surface area contributed by atoms with E-state index in [9.17, 15) is 5.11 Å². The van der Waals surface area contributed by atoms with Crippen LogP contribution in [0.5, 0.6) is 0 Å². The summed E-state index contributed by atoms with van der Waals surface area (Å²) >= 11 is 0. The van der Waals surface area contributed by atoms with Crippen molar-refractivity contribution in [2.24, 2.45) is 0 Å². The molecule has 3 heteroatoms. The van der Waals surface area contributed by atoms with Crippen molar-refractivity contribution in [2.75, 3.05) is 14.1 Å². The first-order valence-electron chi connectivity index (χ1n) is 5.51. The highest BCUT2D eigenvalue weighted by Gasteiger charge is 2.20. The fourth-order valence-electron chi connectivity index (χ4n) is 1.88. The van der Waals surface area contributed by atoms with E-state index in [0.29, 0.717) is 0 Å². The monoisotopic (exact) mass is 218 g/mol. The maximum atomic E-state index is 10.3. The lowest BCUT2D eigenvalue weighted by molar-refractivity contribution is 0.0870. The Balaban J connectivity index is 2.40. The molecule has 0 unspecified atom stereocenters. The van der Waals surface area contributed by atoms with E-state index >= 15 is 0 Å². The Labute approximate surface area is 95.7 Å². The first kappa shape index (κ1) is 11.2. The second kappa shape index (κ2) is 4.28. The summed E-state index contributed by atoms with van der Waals surface area (Å²) in [6, 6.07) is 8.13.